The van der Waals surface area contributed by atoms with E-state index in [9.17, 15) is 9.59 Å². The Hall–Kier alpha value is -3.39. The summed E-state index contributed by atoms with van der Waals surface area (Å²) in [4.78, 5) is 28.6. The number of carbonyl (C=O) groups excluding carboxylic acids is 2. The SMILES string of the molecule is CCOc1ccccc1-c1nc(CC(=O)NNC(=O)COc2ccc(CC)cc2)cs1. The third-order valence-corrected chi connectivity index (χ3v) is 5.28. The van der Waals surface area contributed by atoms with Gasteiger partial charge in [-0.1, -0.05) is 31.2 Å². The second kappa shape index (κ2) is 11.1. The van der Waals surface area contributed by atoms with Crippen molar-refractivity contribution in [3.05, 3.63) is 65.2 Å². The normalized spacial score (nSPS) is 10.4. The molecule has 3 aromatic rings. The molecule has 0 aliphatic carbocycles. The van der Waals surface area contributed by atoms with Crippen LogP contribution < -0.4 is 20.3 Å². The molecule has 0 saturated heterocycles. The van der Waals surface area contributed by atoms with Crippen LogP contribution in [-0.4, -0.2) is 30.0 Å². The Kier molecular flexibility index (Phi) is 8.00. The van der Waals surface area contributed by atoms with Gasteiger partial charge in [0, 0.05) is 5.38 Å². The van der Waals surface area contributed by atoms with Crippen LogP contribution in [0.3, 0.4) is 0 Å². The number of hydrogen-bond donors (Lipinski definition) is 2. The summed E-state index contributed by atoms with van der Waals surface area (Å²) in [6, 6.07) is 15.2. The first kappa shape index (κ1) is 22.3. The van der Waals surface area contributed by atoms with E-state index >= 15 is 0 Å². The summed E-state index contributed by atoms with van der Waals surface area (Å²) in [5.41, 5.74) is 7.43. The number of amides is 2. The molecule has 2 N–H and O–H groups in total. The number of aromatic nitrogens is 1. The molecule has 0 aliphatic heterocycles. The summed E-state index contributed by atoms with van der Waals surface area (Å²) in [6.07, 6.45) is 0.985. The second-order valence-corrected chi connectivity index (χ2v) is 7.49. The molecule has 2 amide bonds. The molecule has 1 aromatic heterocycles. The average molecular weight is 440 g/mol. The largest absolute Gasteiger partial charge is 0.493 e. The molecule has 0 bridgehead atoms. The van der Waals surface area contributed by atoms with Crippen molar-refractivity contribution in [3.63, 3.8) is 0 Å². The zero-order chi connectivity index (χ0) is 22.1. The fraction of sp³-hybridized carbons (Fsp3) is 0.261. The average Bonchev–Trinajstić information content (AvgIpc) is 3.25. The van der Waals surface area contributed by atoms with E-state index in [4.69, 9.17) is 9.47 Å². The molecule has 0 saturated carbocycles. The van der Waals surface area contributed by atoms with Gasteiger partial charge in [0.1, 0.15) is 16.5 Å². The van der Waals surface area contributed by atoms with Crippen molar-refractivity contribution in [2.45, 2.75) is 26.7 Å². The molecule has 1 heterocycles. The molecule has 0 unspecified atom stereocenters. The molecule has 0 radical (unpaired) electrons. The lowest BCUT2D eigenvalue weighted by atomic mass is 10.2. The number of ether oxygens (including phenoxy) is 2. The van der Waals surface area contributed by atoms with Crippen LogP contribution in [-0.2, 0) is 22.4 Å². The molecule has 162 valence electrons. The zero-order valence-corrected chi connectivity index (χ0v) is 18.3. The highest BCUT2D eigenvalue weighted by molar-refractivity contribution is 7.13. The topological polar surface area (TPSA) is 89.5 Å². The van der Waals surface area contributed by atoms with Crippen LogP contribution in [0.25, 0.3) is 10.6 Å². The summed E-state index contributed by atoms with van der Waals surface area (Å²) >= 11 is 1.44. The first-order valence-corrected chi connectivity index (χ1v) is 10.9. The molecule has 0 aliphatic rings. The second-order valence-electron chi connectivity index (χ2n) is 6.63. The Morgan fingerprint density at radius 1 is 0.968 bits per heavy atom. The van der Waals surface area contributed by atoms with Gasteiger partial charge >= 0.3 is 0 Å². The van der Waals surface area contributed by atoms with Gasteiger partial charge in [-0.05, 0) is 43.2 Å². The van der Waals surface area contributed by atoms with E-state index in [2.05, 4.69) is 22.8 Å². The van der Waals surface area contributed by atoms with Crippen LogP contribution >= 0.6 is 11.3 Å². The first-order valence-electron chi connectivity index (χ1n) is 10.0. The summed E-state index contributed by atoms with van der Waals surface area (Å²) in [6.45, 7) is 4.36. The number of aryl methyl sites for hydroxylation is 1. The lowest BCUT2D eigenvalue weighted by molar-refractivity contribution is -0.129. The monoisotopic (exact) mass is 439 g/mol. The predicted octanol–water partition coefficient (Wildman–Crippen LogP) is 3.54. The van der Waals surface area contributed by atoms with Gasteiger partial charge < -0.3 is 9.47 Å². The van der Waals surface area contributed by atoms with E-state index in [1.165, 1.54) is 16.9 Å². The van der Waals surface area contributed by atoms with Gasteiger partial charge in [-0.3, -0.25) is 20.4 Å². The minimum Gasteiger partial charge on any atom is -0.493 e. The number of thiazole rings is 1. The number of nitrogens with zero attached hydrogens (tertiary/aromatic N) is 1. The molecule has 8 heteroatoms. The number of hydrogen-bond acceptors (Lipinski definition) is 6. The van der Waals surface area contributed by atoms with Gasteiger partial charge in [-0.25, -0.2) is 4.98 Å². The quantitative estimate of drug-likeness (QED) is 0.498. The lowest BCUT2D eigenvalue weighted by Crippen LogP contribution is -2.44. The maximum atomic E-state index is 12.2. The maximum absolute atomic E-state index is 12.2. The minimum atomic E-state index is -0.447. The van der Waals surface area contributed by atoms with Crippen molar-refractivity contribution in [2.75, 3.05) is 13.2 Å². The third kappa shape index (κ3) is 6.55. The number of rotatable bonds is 9. The van der Waals surface area contributed by atoms with E-state index in [-0.39, 0.29) is 18.9 Å². The van der Waals surface area contributed by atoms with Crippen LogP contribution in [0.2, 0.25) is 0 Å². The van der Waals surface area contributed by atoms with E-state index in [0.717, 1.165) is 22.7 Å². The molecule has 2 aromatic carbocycles. The van der Waals surface area contributed by atoms with Crippen LogP contribution in [0.4, 0.5) is 0 Å². The molecule has 7 nitrogen and oxygen atoms in total. The van der Waals surface area contributed by atoms with Gasteiger partial charge in [0.05, 0.1) is 24.3 Å². The molecule has 0 spiro atoms. The summed E-state index contributed by atoms with van der Waals surface area (Å²) in [7, 11) is 0. The Bertz CT molecular complexity index is 1020. The van der Waals surface area contributed by atoms with E-state index in [1.54, 1.807) is 0 Å². The van der Waals surface area contributed by atoms with Gasteiger partial charge in [-0.15, -0.1) is 11.3 Å². The molecule has 31 heavy (non-hydrogen) atoms. The first-order chi connectivity index (χ1) is 15.1. The fourth-order valence-electron chi connectivity index (χ4n) is 2.79. The van der Waals surface area contributed by atoms with Crippen molar-refractivity contribution in [1.82, 2.24) is 15.8 Å². The Labute approximate surface area is 185 Å². The highest BCUT2D eigenvalue weighted by atomic mass is 32.1. The lowest BCUT2D eigenvalue weighted by Gasteiger charge is -2.09. The van der Waals surface area contributed by atoms with Crippen LogP contribution in [0.5, 0.6) is 11.5 Å². The van der Waals surface area contributed by atoms with Gasteiger partial charge in [-0.2, -0.15) is 0 Å². The Morgan fingerprint density at radius 3 is 2.45 bits per heavy atom. The van der Waals surface area contributed by atoms with Crippen LogP contribution in [0.1, 0.15) is 25.1 Å². The standard InChI is InChI=1S/C23H25N3O4S/c1-3-16-9-11-18(12-10-16)30-14-22(28)26-25-21(27)13-17-15-31-23(24-17)19-7-5-6-8-20(19)29-4-2/h5-12,15H,3-4,13-14H2,1-2H3,(H,25,27)(H,26,28). The third-order valence-electron chi connectivity index (χ3n) is 4.35. The number of hydrazine groups is 1. The van der Waals surface area contributed by atoms with Crippen molar-refractivity contribution < 1.29 is 19.1 Å². The number of carbonyl (C=O) groups is 2. The molecule has 0 atom stereocenters. The smallest absolute Gasteiger partial charge is 0.276 e. The molecule has 0 fully saturated rings. The van der Waals surface area contributed by atoms with Crippen molar-refractivity contribution in [3.8, 4) is 22.1 Å². The summed E-state index contributed by atoms with van der Waals surface area (Å²) < 4.78 is 11.1. The molecule has 3 rings (SSSR count). The minimum absolute atomic E-state index is 0.0485. The zero-order valence-electron chi connectivity index (χ0n) is 17.5. The highest BCUT2D eigenvalue weighted by Gasteiger charge is 2.13. The Morgan fingerprint density at radius 2 is 1.71 bits per heavy atom. The number of benzene rings is 2. The van der Waals surface area contributed by atoms with Gasteiger partial charge in [0.25, 0.3) is 5.91 Å². The predicted molar refractivity (Wildman–Crippen MR) is 120 cm³/mol. The van der Waals surface area contributed by atoms with Crippen molar-refractivity contribution >= 4 is 23.2 Å². The van der Waals surface area contributed by atoms with E-state index in [1.807, 2.05) is 60.8 Å². The summed E-state index contributed by atoms with van der Waals surface area (Å²) in [5, 5.41) is 2.60. The number of para-hydroxylation sites is 1. The molecular formula is C23H25N3O4S. The number of nitrogens with one attached hydrogen (secondary N) is 2. The van der Waals surface area contributed by atoms with E-state index in [0.29, 0.717) is 18.1 Å². The van der Waals surface area contributed by atoms with Crippen molar-refractivity contribution in [2.24, 2.45) is 0 Å². The highest BCUT2D eigenvalue weighted by Crippen LogP contribution is 2.32. The van der Waals surface area contributed by atoms with Crippen LogP contribution in [0, 0.1) is 0 Å². The van der Waals surface area contributed by atoms with E-state index < -0.39 is 5.91 Å². The maximum Gasteiger partial charge on any atom is 0.276 e. The van der Waals surface area contributed by atoms with Gasteiger partial charge in [0.2, 0.25) is 5.91 Å². The van der Waals surface area contributed by atoms with Crippen molar-refractivity contribution in [1.29, 1.82) is 0 Å². The molecular weight excluding hydrogens is 414 g/mol. The summed E-state index contributed by atoms with van der Waals surface area (Å²) in [5.74, 6) is 0.543. The van der Waals surface area contributed by atoms with Crippen LogP contribution in [0.15, 0.2) is 53.9 Å². The van der Waals surface area contributed by atoms with Gasteiger partial charge in [0.15, 0.2) is 6.61 Å². The Balaban J connectivity index is 1.46. The fourth-order valence-corrected chi connectivity index (χ4v) is 3.64.